The van der Waals surface area contributed by atoms with Gasteiger partial charge in [0, 0.05) is 67.5 Å². The Balaban J connectivity index is 1.17. The van der Waals surface area contributed by atoms with Gasteiger partial charge in [-0.1, -0.05) is 30.3 Å². The van der Waals surface area contributed by atoms with Crippen LogP contribution >= 0.6 is 0 Å². The normalized spacial score (nSPS) is 17.2. The summed E-state index contributed by atoms with van der Waals surface area (Å²) in [7, 11) is 1.63. The van der Waals surface area contributed by atoms with Gasteiger partial charge in [-0.2, -0.15) is 13.2 Å². The van der Waals surface area contributed by atoms with Crippen molar-refractivity contribution in [1.29, 1.82) is 5.41 Å². The highest BCUT2D eigenvalue weighted by Crippen LogP contribution is 2.30. The fraction of sp³-hybridized carbons (Fsp3) is 0.333. The Morgan fingerprint density at radius 1 is 1.10 bits per heavy atom. The van der Waals surface area contributed by atoms with Crippen LogP contribution in [0.2, 0.25) is 0 Å². The van der Waals surface area contributed by atoms with Gasteiger partial charge in [0.05, 0.1) is 18.2 Å². The highest BCUT2D eigenvalue weighted by molar-refractivity contribution is 6.14. The minimum atomic E-state index is -4.59. The largest absolute Gasteiger partial charge is 0.433 e. The standard InChI is InChI=1S/C36H40F3N9O2/c1-3-48(28-9-10-30(40)29(18-28)33(41)26-8-11-31(44-19-26)36(37,38)39)35(50)27-12-15-46(20-27)21-32(49)47-16-13-24(14-17-47)23-4-6-25(7-5-23)34(42)45-22-43-2/h4-11,13,18-19,22,27,41H,3,12,14-17,20-21,40H2,1-2H3,(H2,42,43,45)/t27-/m1/s1. The average Bonchev–Trinajstić information content (AvgIpc) is 3.59. The molecule has 1 atom stereocenters. The third kappa shape index (κ3) is 8.25. The molecule has 262 valence electrons. The van der Waals surface area contributed by atoms with Crippen LogP contribution in [0.5, 0.6) is 0 Å². The van der Waals surface area contributed by atoms with E-state index in [0.29, 0.717) is 50.7 Å². The second kappa shape index (κ2) is 15.5. The molecule has 11 nitrogen and oxygen atoms in total. The first-order valence-corrected chi connectivity index (χ1v) is 16.3. The number of carbonyl (C=O) groups excluding carboxylic acids is 2. The topological polar surface area (TPSA) is 157 Å². The number of amides is 2. The minimum Gasteiger partial charge on any atom is -0.398 e. The summed E-state index contributed by atoms with van der Waals surface area (Å²) in [5, 5.41) is 8.62. The van der Waals surface area contributed by atoms with E-state index in [1.165, 1.54) is 12.4 Å². The lowest BCUT2D eigenvalue weighted by atomic mass is 9.98. The lowest BCUT2D eigenvalue weighted by molar-refractivity contribution is -0.141. The number of hydrogen-bond acceptors (Lipinski definition) is 7. The molecule has 0 saturated carbocycles. The minimum absolute atomic E-state index is 0.0112. The molecule has 0 aliphatic carbocycles. The molecule has 3 heterocycles. The number of nitrogens with zero attached hydrogens (tertiary/aromatic N) is 6. The van der Waals surface area contributed by atoms with E-state index in [2.05, 4.69) is 21.0 Å². The van der Waals surface area contributed by atoms with Gasteiger partial charge in [-0.15, -0.1) is 0 Å². The van der Waals surface area contributed by atoms with Crippen molar-refractivity contribution in [2.45, 2.75) is 25.9 Å². The molecular formula is C36H40F3N9O2. The molecule has 2 amide bonds. The quantitative estimate of drug-likeness (QED) is 0.162. The van der Waals surface area contributed by atoms with E-state index in [1.54, 1.807) is 30.1 Å². The molecule has 50 heavy (non-hydrogen) atoms. The van der Waals surface area contributed by atoms with Crippen molar-refractivity contribution in [3.8, 4) is 0 Å². The second-order valence-electron chi connectivity index (χ2n) is 12.2. The van der Waals surface area contributed by atoms with Crippen LogP contribution < -0.4 is 16.4 Å². The summed E-state index contributed by atoms with van der Waals surface area (Å²) in [5.41, 5.74) is 15.2. The number of aromatic nitrogens is 1. The number of aliphatic imine (C=N–C) groups is 2. The van der Waals surface area contributed by atoms with E-state index in [0.717, 1.165) is 35.4 Å². The maximum absolute atomic E-state index is 13.7. The number of pyridine rings is 1. The van der Waals surface area contributed by atoms with E-state index in [4.69, 9.17) is 16.9 Å². The van der Waals surface area contributed by atoms with Crippen LogP contribution in [0.4, 0.5) is 24.5 Å². The predicted molar refractivity (Wildman–Crippen MR) is 189 cm³/mol. The molecular weight excluding hydrogens is 647 g/mol. The van der Waals surface area contributed by atoms with Gasteiger partial charge >= 0.3 is 6.18 Å². The lowest BCUT2D eigenvalue weighted by Crippen LogP contribution is -2.42. The molecule has 1 saturated heterocycles. The summed E-state index contributed by atoms with van der Waals surface area (Å²) >= 11 is 0. The zero-order chi connectivity index (χ0) is 36.0. The van der Waals surface area contributed by atoms with Crippen molar-refractivity contribution in [2.75, 3.05) is 56.9 Å². The molecule has 14 heteroatoms. The number of nitrogens with two attached hydrogens (primary N) is 2. The summed E-state index contributed by atoms with van der Waals surface area (Å²) in [5.74, 6) is -0.0362. The van der Waals surface area contributed by atoms with Gasteiger partial charge in [-0.05, 0) is 67.8 Å². The van der Waals surface area contributed by atoms with Crippen molar-refractivity contribution in [2.24, 2.45) is 21.6 Å². The molecule has 2 aliphatic heterocycles. The van der Waals surface area contributed by atoms with Crippen LogP contribution in [0.25, 0.3) is 5.57 Å². The number of hydrogen-bond donors (Lipinski definition) is 3. The van der Waals surface area contributed by atoms with Gasteiger partial charge < -0.3 is 21.3 Å². The second-order valence-corrected chi connectivity index (χ2v) is 12.2. The molecule has 0 spiro atoms. The summed E-state index contributed by atoms with van der Waals surface area (Å²) in [6, 6.07) is 14.7. The Kier molecular flexibility index (Phi) is 11.1. The molecule has 0 unspecified atom stereocenters. The summed E-state index contributed by atoms with van der Waals surface area (Å²) < 4.78 is 38.9. The van der Waals surface area contributed by atoms with Crippen LogP contribution in [0.1, 0.15) is 47.7 Å². The molecule has 1 fully saturated rings. The number of anilines is 2. The van der Waals surface area contributed by atoms with Gasteiger partial charge in [0.2, 0.25) is 11.8 Å². The highest BCUT2D eigenvalue weighted by atomic mass is 19.4. The highest BCUT2D eigenvalue weighted by Gasteiger charge is 2.34. The van der Waals surface area contributed by atoms with Crippen LogP contribution in [0, 0.1) is 11.3 Å². The van der Waals surface area contributed by atoms with Crippen LogP contribution in [0.3, 0.4) is 0 Å². The molecule has 5 rings (SSSR count). The third-order valence-electron chi connectivity index (χ3n) is 8.95. The SMILES string of the molecule is CCN(C(=O)[C@@H]1CCN(CC(=O)N2CC=C(c3ccc(C(N)=NC=NC)cc3)CC2)C1)c1ccc(N)c(C(=N)c2ccc(C(F)(F)F)nc2)c1. The van der Waals surface area contributed by atoms with Gasteiger partial charge in [0.25, 0.3) is 0 Å². The summed E-state index contributed by atoms with van der Waals surface area (Å²) in [6.45, 7) is 4.56. The maximum atomic E-state index is 13.7. The predicted octanol–water partition coefficient (Wildman–Crippen LogP) is 4.45. The van der Waals surface area contributed by atoms with Crippen molar-refractivity contribution in [3.63, 3.8) is 0 Å². The number of amidine groups is 1. The van der Waals surface area contributed by atoms with E-state index in [9.17, 15) is 22.8 Å². The molecule has 0 bridgehead atoms. The number of benzene rings is 2. The zero-order valence-corrected chi connectivity index (χ0v) is 28.0. The fourth-order valence-electron chi connectivity index (χ4n) is 6.16. The molecule has 3 aromatic rings. The Bertz CT molecular complexity index is 1820. The first-order valence-electron chi connectivity index (χ1n) is 16.3. The van der Waals surface area contributed by atoms with E-state index in [-0.39, 0.29) is 46.8 Å². The lowest BCUT2D eigenvalue weighted by Gasteiger charge is -2.29. The fourth-order valence-corrected chi connectivity index (χ4v) is 6.16. The van der Waals surface area contributed by atoms with Crippen molar-refractivity contribution >= 4 is 46.6 Å². The number of nitrogen functional groups attached to an aromatic ring is 1. The Morgan fingerprint density at radius 2 is 1.84 bits per heavy atom. The smallest absolute Gasteiger partial charge is 0.398 e. The molecule has 0 radical (unpaired) electrons. The van der Waals surface area contributed by atoms with Gasteiger partial charge in [0.1, 0.15) is 17.9 Å². The summed E-state index contributed by atoms with van der Waals surface area (Å²) in [4.78, 5) is 43.8. The number of nitrogens with one attached hydrogen (secondary N) is 1. The number of carbonyl (C=O) groups is 2. The van der Waals surface area contributed by atoms with Crippen molar-refractivity contribution in [1.82, 2.24) is 14.8 Å². The number of halogens is 3. The van der Waals surface area contributed by atoms with Gasteiger partial charge in [-0.25, -0.2) is 4.99 Å². The first-order chi connectivity index (χ1) is 23.9. The van der Waals surface area contributed by atoms with Gasteiger partial charge in [0.15, 0.2) is 0 Å². The Labute approximate surface area is 288 Å². The number of alkyl halides is 3. The van der Waals surface area contributed by atoms with Crippen LogP contribution in [-0.4, -0.2) is 90.8 Å². The maximum Gasteiger partial charge on any atom is 0.433 e. The average molecular weight is 688 g/mol. The first kappa shape index (κ1) is 35.9. The van der Waals surface area contributed by atoms with E-state index < -0.39 is 11.9 Å². The van der Waals surface area contributed by atoms with Crippen LogP contribution in [-0.2, 0) is 15.8 Å². The molecule has 1 aromatic heterocycles. The molecule has 2 aromatic carbocycles. The van der Waals surface area contributed by atoms with E-state index >= 15 is 0 Å². The number of rotatable bonds is 10. The monoisotopic (exact) mass is 687 g/mol. The van der Waals surface area contributed by atoms with Crippen LogP contribution in [0.15, 0.2) is 76.9 Å². The summed E-state index contributed by atoms with van der Waals surface area (Å²) in [6.07, 6.45) is 1.19. The van der Waals surface area contributed by atoms with Gasteiger partial charge in [-0.3, -0.25) is 29.9 Å². The van der Waals surface area contributed by atoms with Crippen molar-refractivity contribution < 1.29 is 22.8 Å². The van der Waals surface area contributed by atoms with Crippen molar-refractivity contribution in [3.05, 3.63) is 94.8 Å². The zero-order valence-electron chi connectivity index (χ0n) is 28.0. The number of likely N-dealkylation sites (tertiary alicyclic amines) is 1. The molecule has 2 aliphatic rings. The Morgan fingerprint density at radius 3 is 2.46 bits per heavy atom. The third-order valence-corrected chi connectivity index (χ3v) is 8.95. The molecule has 5 N–H and O–H groups in total. The Hall–Kier alpha value is -5.37. The van der Waals surface area contributed by atoms with E-state index in [1.807, 2.05) is 41.0 Å².